The topological polar surface area (TPSA) is 35.5 Å². The van der Waals surface area contributed by atoms with Crippen LogP contribution in [0.25, 0.3) is 6.08 Å². The molecule has 1 aromatic carbocycles. The Balaban J connectivity index is 2.47. The Hall–Kier alpha value is -1.77. The maximum Gasteiger partial charge on any atom is 0.149 e. The van der Waals surface area contributed by atoms with Gasteiger partial charge in [0, 0.05) is 11.1 Å². The summed E-state index contributed by atoms with van der Waals surface area (Å²) in [6, 6.07) is 5.54. The standard InChI is InChI=1S/C12H12O3/c1-8-10(7-13)5-9-6-11(14-2)3-4-12(9)15-8/h3-8H,1-2H3. The molecule has 15 heavy (non-hydrogen) atoms. The van der Waals surface area contributed by atoms with Crippen molar-refractivity contribution < 1.29 is 14.3 Å². The van der Waals surface area contributed by atoms with E-state index in [1.165, 1.54) is 0 Å². The highest BCUT2D eigenvalue weighted by Gasteiger charge is 2.18. The van der Waals surface area contributed by atoms with Gasteiger partial charge in [-0.1, -0.05) is 0 Å². The molecule has 0 spiro atoms. The summed E-state index contributed by atoms with van der Waals surface area (Å²) in [7, 11) is 1.61. The number of hydrogen-bond donors (Lipinski definition) is 0. The van der Waals surface area contributed by atoms with E-state index in [0.717, 1.165) is 23.3 Å². The number of hydrogen-bond acceptors (Lipinski definition) is 3. The fraction of sp³-hybridized carbons (Fsp3) is 0.250. The summed E-state index contributed by atoms with van der Waals surface area (Å²) in [6.07, 6.45) is 2.48. The van der Waals surface area contributed by atoms with Crippen LogP contribution in [0.1, 0.15) is 12.5 Å². The van der Waals surface area contributed by atoms with Crippen molar-refractivity contribution in [3.63, 3.8) is 0 Å². The van der Waals surface area contributed by atoms with E-state index in [4.69, 9.17) is 9.47 Å². The van der Waals surface area contributed by atoms with E-state index >= 15 is 0 Å². The second-order valence-corrected chi connectivity index (χ2v) is 3.43. The van der Waals surface area contributed by atoms with Crippen molar-refractivity contribution in [3.8, 4) is 11.5 Å². The Morgan fingerprint density at radius 3 is 2.93 bits per heavy atom. The number of methoxy groups -OCH3 is 1. The van der Waals surface area contributed by atoms with Gasteiger partial charge in [0.2, 0.25) is 0 Å². The lowest BCUT2D eigenvalue weighted by Crippen LogP contribution is -2.19. The number of ether oxygens (including phenoxy) is 2. The van der Waals surface area contributed by atoms with Crippen LogP contribution in [0.3, 0.4) is 0 Å². The van der Waals surface area contributed by atoms with Gasteiger partial charge in [-0.05, 0) is 31.2 Å². The quantitative estimate of drug-likeness (QED) is 0.692. The van der Waals surface area contributed by atoms with E-state index in [1.807, 2.05) is 31.2 Å². The molecule has 1 unspecified atom stereocenters. The predicted octanol–water partition coefficient (Wildman–Crippen LogP) is 2.06. The Morgan fingerprint density at radius 2 is 2.27 bits per heavy atom. The second kappa shape index (κ2) is 3.77. The van der Waals surface area contributed by atoms with E-state index < -0.39 is 0 Å². The average molecular weight is 204 g/mol. The van der Waals surface area contributed by atoms with Crippen LogP contribution in [0.2, 0.25) is 0 Å². The largest absolute Gasteiger partial charge is 0.497 e. The van der Waals surface area contributed by atoms with Gasteiger partial charge in [-0.15, -0.1) is 0 Å². The number of carbonyl (C=O) groups is 1. The molecule has 1 aliphatic heterocycles. The molecule has 0 aliphatic carbocycles. The van der Waals surface area contributed by atoms with E-state index in [2.05, 4.69) is 0 Å². The van der Waals surface area contributed by atoms with Crippen LogP contribution in [-0.2, 0) is 4.79 Å². The van der Waals surface area contributed by atoms with Crippen molar-refractivity contribution in [2.75, 3.05) is 7.11 Å². The Morgan fingerprint density at radius 1 is 1.47 bits per heavy atom. The highest BCUT2D eigenvalue weighted by atomic mass is 16.5. The Bertz CT molecular complexity index is 421. The maximum absolute atomic E-state index is 10.8. The number of fused-ring (bicyclic) bond motifs is 1. The first-order chi connectivity index (χ1) is 7.24. The molecule has 0 saturated heterocycles. The van der Waals surface area contributed by atoms with Crippen LogP contribution in [-0.4, -0.2) is 19.5 Å². The molecule has 1 heterocycles. The van der Waals surface area contributed by atoms with Crippen molar-refractivity contribution >= 4 is 12.4 Å². The monoisotopic (exact) mass is 204 g/mol. The molecule has 2 rings (SSSR count). The minimum absolute atomic E-state index is 0.177. The fourth-order valence-corrected chi connectivity index (χ4v) is 1.56. The third kappa shape index (κ3) is 1.73. The van der Waals surface area contributed by atoms with Crippen molar-refractivity contribution in [2.24, 2.45) is 0 Å². The molecule has 0 radical (unpaired) electrons. The van der Waals surface area contributed by atoms with Crippen molar-refractivity contribution in [1.82, 2.24) is 0 Å². The molecule has 1 atom stereocenters. The highest BCUT2D eigenvalue weighted by molar-refractivity contribution is 5.85. The molecular formula is C12H12O3. The van der Waals surface area contributed by atoms with Crippen LogP contribution >= 0.6 is 0 Å². The van der Waals surface area contributed by atoms with Crippen LogP contribution < -0.4 is 9.47 Å². The number of aldehydes is 1. The van der Waals surface area contributed by atoms with E-state index in [0.29, 0.717) is 5.57 Å². The van der Waals surface area contributed by atoms with Gasteiger partial charge < -0.3 is 9.47 Å². The molecule has 0 bridgehead atoms. The van der Waals surface area contributed by atoms with Gasteiger partial charge in [0.1, 0.15) is 23.9 Å². The lowest BCUT2D eigenvalue weighted by molar-refractivity contribution is -0.105. The van der Waals surface area contributed by atoms with Gasteiger partial charge in [-0.3, -0.25) is 4.79 Å². The first-order valence-electron chi connectivity index (χ1n) is 4.76. The molecule has 0 amide bonds. The van der Waals surface area contributed by atoms with Crippen LogP contribution in [0, 0.1) is 0 Å². The smallest absolute Gasteiger partial charge is 0.149 e. The molecule has 3 heteroatoms. The Labute approximate surface area is 88.3 Å². The second-order valence-electron chi connectivity index (χ2n) is 3.43. The first-order valence-corrected chi connectivity index (χ1v) is 4.76. The minimum atomic E-state index is -0.177. The molecule has 78 valence electrons. The molecule has 0 saturated carbocycles. The van der Waals surface area contributed by atoms with Crippen molar-refractivity contribution in [2.45, 2.75) is 13.0 Å². The molecular weight excluding hydrogens is 192 g/mol. The fourth-order valence-electron chi connectivity index (χ4n) is 1.56. The summed E-state index contributed by atoms with van der Waals surface area (Å²) in [4.78, 5) is 10.8. The molecule has 1 aromatic rings. The van der Waals surface area contributed by atoms with E-state index in [9.17, 15) is 4.79 Å². The normalized spacial score (nSPS) is 18.5. The van der Waals surface area contributed by atoms with Gasteiger partial charge in [0.15, 0.2) is 0 Å². The van der Waals surface area contributed by atoms with Crippen LogP contribution in [0.5, 0.6) is 11.5 Å². The Kier molecular flexibility index (Phi) is 2.46. The summed E-state index contributed by atoms with van der Waals surface area (Å²) in [6.45, 7) is 1.85. The van der Waals surface area contributed by atoms with Gasteiger partial charge in [-0.2, -0.15) is 0 Å². The molecule has 0 aromatic heterocycles. The number of benzene rings is 1. The third-order valence-corrected chi connectivity index (χ3v) is 2.45. The zero-order valence-electron chi connectivity index (χ0n) is 8.69. The molecule has 0 N–H and O–H groups in total. The van der Waals surface area contributed by atoms with E-state index in [-0.39, 0.29) is 6.10 Å². The molecule has 3 nitrogen and oxygen atoms in total. The summed E-state index contributed by atoms with van der Waals surface area (Å²) < 4.78 is 10.7. The van der Waals surface area contributed by atoms with Gasteiger partial charge in [0.25, 0.3) is 0 Å². The predicted molar refractivity (Wildman–Crippen MR) is 57.1 cm³/mol. The van der Waals surface area contributed by atoms with Gasteiger partial charge in [0.05, 0.1) is 7.11 Å². The van der Waals surface area contributed by atoms with Gasteiger partial charge >= 0.3 is 0 Å². The van der Waals surface area contributed by atoms with Crippen LogP contribution in [0.15, 0.2) is 23.8 Å². The SMILES string of the molecule is COc1ccc2c(c1)C=C(C=O)C(C)O2. The van der Waals surface area contributed by atoms with E-state index in [1.54, 1.807) is 7.11 Å². The highest BCUT2D eigenvalue weighted by Crippen LogP contribution is 2.31. The summed E-state index contributed by atoms with van der Waals surface area (Å²) in [5, 5.41) is 0. The maximum atomic E-state index is 10.8. The lowest BCUT2D eigenvalue weighted by atomic mass is 10.0. The zero-order valence-corrected chi connectivity index (χ0v) is 8.69. The van der Waals surface area contributed by atoms with Crippen molar-refractivity contribution in [3.05, 3.63) is 29.3 Å². The summed E-state index contributed by atoms with van der Waals surface area (Å²) >= 11 is 0. The number of rotatable bonds is 2. The summed E-state index contributed by atoms with van der Waals surface area (Å²) in [5.74, 6) is 1.54. The average Bonchev–Trinajstić information content (AvgIpc) is 2.27. The first kappa shape index (κ1) is 9.77. The number of carbonyl (C=O) groups excluding carboxylic acids is 1. The molecule has 0 fully saturated rings. The van der Waals surface area contributed by atoms with Crippen molar-refractivity contribution in [1.29, 1.82) is 0 Å². The lowest BCUT2D eigenvalue weighted by Gasteiger charge is -2.21. The third-order valence-electron chi connectivity index (χ3n) is 2.45. The molecule has 1 aliphatic rings. The summed E-state index contributed by atoms with van der Waals surface area (Å²) in [5.41, 5.74) is 1.53. The van der Waals surface area contributed by atoms with Gasteiger partial charge in [-0.25, -0.2) is 0 Å². The minimum Gasteiger partial charge on any atom is -0.497 e. The van der Waals surface area contributed by atoms with Crippen LogP contribution in [0.4, 0.5) is 0 Å². The zero-order chi connectivity index (χ0) is 10.8.